The Morgan fingerprint density at radius 2 is 2.08 bits per heavy atom. The van der Waals surface area contributed by atoms with Crippen LogP contribution in [0, 0.1) is 0 Å². The van der Waals surface area contributed by atoms with Gasteiger partial charge >= 0.3 is 0 Å². The molecule has 0 bridgehead atoms. The molecular weight excluding hydrogens is 203 g/mol. The maximum absolute atomic E-state index is 5.17. The van der Waals surface area contributed by atoms with Gasteiger partial charge in [0.15, 0.2) is 0 Å². The summed E-state index contributed by atoms with van der Waals surface area (Å²) >= 11 is 6.73. The van der Waals surface area contributed by atoms with Gasteiger partial charge in [-0.25, -0.2) is 0 Å². The van der Waals surface area contributed by atoms with Gasteiger partial charge < -0.3 is 0 Å². The van der Waals surface area contributed by atoms with E-state index in [9.17, 15) is 0 Å². The van der Waals surface area contributed by atoms with Gasteiger partial charge in [0.2, 0.25) is 0 Å². The van der Waals surface area contributed by atoms with Gasteiger partial charge in [-0.3, -0.25) is 0 Å². The first-order valence-corrected chi connectivity index (χ1v) is 6.05. The van der Waals surface area contributed by atoms with E-state index in [0.717, 1.165) is 17.2 Å². The molecule has 0 N–H and O–H groups in total. The van der Waals surface area contributed by atoms with E-state index in [2.05, 4.69) is 12.0 Å². The highest BCUT2D eigenvalue weighted by Gasteiger charge is 1.97. The quantitative estimate of drug-likeness (QED) is 0.541. The van der Waals surface area contributed by atoms with Crippen molar-refractivity contribution >= 4 is 40.7 Å². The van der Waals surface area contributed by atoms with E-state index in [0.29, 0.717) is 0 Å². The first-order valence-electron chi connectivity index (χ1n) is 3.33. The fraction of sp³-hybridized carbons (Fsp3) is 0. The molecule has 1 rings (SSSR count). The molecule has 0 nitrogen and oxygen atoms in total. The molecule has 1 aromatic rings. The van der Waals surface area contributed by atoms with E-state index in [-0.39, 0.29) is 0 Å². The Kier molecular flexibility index (Phi) is 4.27. The molecule has 0 amide bonds. The number of hydrogen-bond donors (Lipinski definition) is 0. The third kappa shape index (κ3) is 2.92. The van der Waals surface area contributed by atoms with Crippen LogP contribution in [0.1, 0.15) is 5.56 Å². The molecule has 0 aromatic heterocycles. The lowest BCUT2D eigenvalue weighted by Crippen LogP contribution is -1.85. The summed E-state index contributed by atoms with van der Waals surface area (Å²) in [6.07, 6.45) is 0. The first kappa shape index (κ1) is 9.70. The number of hydrogen-bond acceptors (Lipinski definition) is 2. The van der Waals surface area contributed by atoms with E-state index >= 15 is 0 Å². The predicted octanol–water partition coefficient (Wildman–Crippen LogP) is 3.54. The molecule has 0 radical (unpaired) electrons. The predicted molar refractivity (Wildman–Crippen MR) is 63.3 cm³/mol. The number of rotatable bonds is 2. The Labute approximate surface area is 83.2 Å². The standard InChI is InChI=1S/C9H7PS2/c1-2-10-12-9(11)8-6-4-3-5-7-8/h3-7H,1H2. The van der Waals surface area contributed by atoms with Crippen LogP contribution in [-0.2, 0) is 0 Å². The summed E-state index contributed by atoms with van der Waals surface area (Å²) in [5, 5.41) is 0. The van der Waals surface area contributed by atoms with Crippen LogP contribution in [-0.4, -0.2) is 9.65 Å². The lowest BCUT2D eigenvalue weighted by molar-refractivity contribution is 1.69. The van der Waals surface area contributed by atoms with Crippen LogP contribution in [0.5, 0.6) is 0 Å². The SMILES string of the molecule is C=C=PSC(=S)c1ccccc1. The van der Waals surface area contributed by atoms with Gasteiger partial charge in [0, 0.05) is 7.41 Å². The van der Waals surface area contributed by atoms with Gasteiger partial charge in [-0.15, -0.1) is 0 Å². The average Bonchev–Trinajstić information content (AvgIpc) is 2.15. The van der Waals surface area contributed by atoms with E-state index in [4.69, 9.17) is 12.2 Å². The third-order valence-electron chi connectivity index (χ3n) is 1.20. The van der Waals surface area contributed by atoms with Gasteiger partial charge in [-0.05, 0) is 16.9 Å². The second kappa shape index (κ2) is 5.29. The Morgan fingerprint density at radius 3 is 2.67 bits per heavy atom. The van der Waals surface area contributed by atoms with Crippen molar-refractivity contribution in [3.8, 4) is 0 Å². The van der Waals surface area contributed by atoms with Crippen LogP contribution in [0.3, 0.4) is 0 Å². The van der Waals surface area contributed by atoms with Crippen LogP contribution < -0.4 is 0 Å². The summed E-state index contributed by atoms with van der Waals surface area (Å²) in [5.74, 6) is 0. The van der Waals surface area contributed by atoms with Gasteiger partial charge in [-0.2, -0.15) is 0 Å². The van der Waals surface area contributed by atoms with E-state index < -0.39 is 0 Å². The molecule has 0 saturated heterocycles. The topological polar surface area (TPSA) is 0 Å². The first-order chi connectivity index (χ1) is 5.84. The second-order valence-corrected chi connectivity index (χ2v) is 4.85. The monoisotopic (exact) mass is 210 g/mol. The van der Waals surface area contributed by atoms with Crippen LogP contribution in [0.4, 0.5) is 0 Å². The molecule has 0 aliphatic rings. The zero-order valence-corrected chi connectivity index (χ0v) is 8.88. The normalized spacial score (nSPS) is 9.33. The molecule has 0 atom stereocenters. The molecule has 0 heterocycles. The molecule has 0 aliphatic carbocycles. The summed E-state index contributed by atoms with van der Waals surface area (Å²) in [5.41, 5.74) is 3.86. The second-order valence-electron chi connectivity index (χ2n) is 1.99. The minimum Gasteiger partial charge on any atom is -0.0898 e. The van der Waals surface area contributed by atoms with E-state index in [1.54, 1.807) is 11.4 Å². The van der Waals surface area contributed by atoms with Crippen molar-refractivity contribution in [3.05, 3.63) is 42.5 Å². The van der Waals surface area contributed by atoms with Gasteiger partial charge in [0.1, 0.15) is 0 Å². The molecular formula is C9H7PS2. The summed E-state index contributed by atoms with van der Waals surface area (Å²) < 4.78 is 0.897. The zero-order valence-electron chi connectivity index (χ0n) is 6.36. The lowest BCUT2D eigenvalue weighted by atomic mass is 10.2. The minimum absolute atomic E-state index is 0.897. The largest absolute Gasteiger partial charge is 0.0898 e. The molecule has 60 valence electrons. The van der Waals surface area contributed by atoms with E-state index in [1.165, 1.54) is 0 Å². The lowest BCUT2D eigenvalue weighted by Gasteiger charge is -1.96. The molecule has 0 fully saturated rings. The highest BCUT2D eigenvalue weighted by molar-refractivity contribution is 8.59. The molecule has 1 aromatic carbocycles. The van der Waals surface area contributed by atoms with Crippen molar-refractivity contribution in [2.75, 3.05) is 0 Å². The fourth-order valence-electron chi connectivity index (χ4n) is 0.701. The molecule has 0 unspecified atom stereocenters. The maximum Gasteiger partial charge on any atom is 0.0871 e. The van der Waals surface area contributed by atoms with Crippen LogP contribution >= 0.6 is 31.0 Å². The zero-order chi connectivity index (χ0) is 8.81. The summed E-state index contributed by atoms with van der Waals surface area (Å²) in [6.45, 7) is 3.51. The Morgan fingerprint density at radius 1 is 1.42 bits per heavy atom. The average molecular weight is 210 g/mol. The number of benzene rings is 1. The molecule has 12 heavy (non-hydrogen) atoms. The van der Waals surface area contributed by atoms with Crippen molar-refractivity contribution in [1.82, 2.24) is 0 Å². The van der Waals surface area contributed by atoms with Gasteiger partial charge in [-0.1, -0.05) is 54.6 Å². The van der Waals surface area contributed by atoms with Crippen LogP contribution in [0.15, 0.2) is 36.9 Å². The third-order valence-corrected chi connectivity index (χ3v) is 3.89. The molecule has 3 heteroatoms. The Hall–Kier alpha value is -0.390. The van der Waals surface area contributed by atoms with E-state index in [1.807, 2.05) is 30.3 Å². The Bertz CT molecular complexity index is 313. The van der Waals surface area contributed by atoms with Crippen molar-refractivity contribution < 1.29 is 0 Å². The van der Waals surface area contributed by atoms with Crippen molar-refractivity contribution in [2.24, 2.45) is 0 Å². The van der Waals surface area contributed by atoms with Crippen molar-refractivity contribution in [3.63, 3.8) is 0 Å². The number of thiocarbonyl (C=S) groups is 1. The maximum atomic E-state index is 5.17. The smallest absolute Gasteiger partial charge is 0.0871 e. The van der Waals surface area contributed by atoms with Crippen molar-refractivity contribution in [1.29, 1.82) is 0 Å². The highest BCUT2D eigenvalue weighted by Crippen LogP contribution is 2.24. The summed E-state index contributed by atoms with van der Waals surface area (Å²) in [7, 11) is 0.980. The van der Waals surface area contributed by atoms with Crippen molar-refractivity contribution in [2.45, 2.75) is 0 Å². The molecule has 0 aliphatic heterocycles. The fourth-order valence-corrected chi connectivity index (χ4v) is 2.32. The van der Waals surface area contributed by atoms with Crippen LogP contribution in [0.2, 0.25) is 0 Å². The Balaban J connectivity index is 2.72. The molecule has 0 saturated carbocycles. The highest BCUT2D eigenvalue weighted by atomic mass is 32.7. The summed E-state index contributed by atoms with van der Waals surface area (Å²) in [6, 6.07) is 9.96. The van der Waals surface area contributed by atoms with Crippen LogP contribution in [0.25, 0.3) is 0 Å². The minimum atomic E-state index is 0.897. The van der Waals surface area contributed by atoms with Gasteiger partial charge in [0.25, 0.3) is 0 Å². The van der Waals surface area contributed by atoms with Gasteiger partial charge in [0.05, 0.1) is 4.20 Å². The molecule has 0 spiro atoms. The summed E-state index contributed by atoms with van der Waals surface area (Å²) in [4.78, 5) is 0.